The Morgan fingerprint density at radius 1 is 1.53 bits per heavy atom. The van der Waals surface area contributed by atoms with Gasteiger partial charge in [0.1, 0.15) is 0 Å². The summed E-state index contributed by atoms with van der Waals surface area (Å²) in [4.78, 5) is 13.3. The Kier molecular flexibility index (Phi) is 5.47. The largest absolute Gasteiger partial charge is 0.399 e. The van der Waals surface area contributed by atoms with Crippen LogP contribution in [0.5, 0.6) is 0 Å². The Bertz CT molecular complexity index is 355. The molecule has 0 radical (unpaired) electrons. The second-order valence-corrected chi connectivity index (χ2v) is 3.47. The summed E-state index contributed by atoms with van der Waals surface area (Å²) >= 11 is 5.90. The highest BCUT2D eigenvalue weighted by Gasteiger charge is 2.13. The van der Waals surface area contributed by atoms with E-state index >= 15 is 0 Å². The summed E-state index contributed by atoms with van der Waals surface area (Å²) in [5, 5.41) is 0.398. The van der Waals surface area contributed by atoms with Crippen LogP contribution in [0.1, 0.15) is 17.3 Å². The molecule has 0 spiro atoms. The van der Waals surface area contributed by atoms with E-state index in [9.17, 15) is 4.79 Å². The Morgan fingerprint density at radius 2 is 2.13 bits per heavy atom. The predicted molar refractivity (Wildman–Crippen MR) is 65.7 cm³/mol. The van der Waals surface area contributed by atoms with Gasteiger partial charge in [-0.25, -0.2) is 0 Å². The molecule has 0 aliphatic carbocycles. The first-order valence-corrected chi connectivity index (χ1v) is 4.74. The zero-order chi connectivity index (χ0) is 10.7. The molecule has 1 rings (SSSR count). The summed E-state index contributed by atoms with van der Waals surface area (Å²) in [6, 6.07) is 4.90. The zero-order valence-electron chi connectivity index (χ0n) is 8.66. The van der Waals surface area contributed by atoms with Crippen molar-refractivity contribution >= 4 is 35.6 Å². The monoisotopic (exact) mass is 248 g/mol. The van der Waals surface area contributed by atoms with Crippen molar-refractivity contribution in [3.05, 3.63) is 28.8 Å². The van der Waals surface area contributed by atoms with Crippen molar-refractivity contribution in [3.8, 4) is 0 Å². The molecule has 0 fully saturated rings. The maximum Gasteiger partial charge on any atom is 0.255 e. The second kappa shape index (κ2) is 5.83. The van der Waals surface area contributed by atoms with E-state index in [-0.39, 0.29) is 18.3 Å². The lowest BCUT2D eigenvalue weighted by Gasteiger charge is -2.15. The molecule has 3 nitrogen and oxygen atoms in total. The quantitative estimate of drug-likeness (QED) is 0.818. The van der Waals surface area contributed by atoms with Crippen molar-refractivity contribution in [2.24, 2.45) is 0 Å². The average Bonchev–Trinajstić information content (AvgIpc) is 2.15. The number of hydrogen-bond acceptors (Lipinski definition) is 2. The van der Waals surface area contributed by atoms with Gasteiger partial charge in [0.2, 0.25) is 0 Å². The molecule has 0 aliphatic heterocycles. The highest BCUT2D eigenvalue weighted by molar-refractivity contribution is 6.34. The van der Waals surface area contributed by atoms with Gasteiger partial charge >= 0.3 is 0 Å². The van der Waals surface area contributed by atoms with Crippen LogP contribution in [-0.4, -0.2) is 24.4 Å². The number of halogens is 2. The van der Waals surface area contributed by atoms with Crippen LogP contribution in [0, 0.1) is 0 Å². The van der Waals surface area contributed by atoms with Crippen LogP contribution in [0.4, 0.5) is 5.69 Å². The molecule has 0 bridgehead atoms. The summed E-state index contributed by atoms with van der Waals surface area (Å²) in [7, 11) is 1.73. The molecule has 0 unspecified atom stereocenters. The standard InChI is InChI=1S/C10H13ClN2O.ClH/c1-3-13(2)10(14)8-5-4-7(12)6-9(8)11;/h4-6H,3,12H2,1-2H3;1H. The number of nitrogen functional groups attached to an aromatic ring is 1. The van der Waals surface area contributed by atoms with E-state index < -0.39 is 0 Å². The zero-order valence-corrected chi connectivity index (χ0v) is 10.2. The van der Waals surface area contributed by atoms with Gasteiger partial charge in [-0.1, -0.05) is 11.6 Å². The molecule has 84 valence electrons. The highest BCUT2D eigenvalue weighted by atomic mass is 35.5. The van der Waals surface area contributed by atoms with E-state index in [0.717, 1.165) is 0 Å². The van der Waals surface area contributed by atoms with Crippen LogP contribution in [-0.2, 0) is 0 Å². The topological polar surface area (TPSA) is 46.3 Å². The number of nitrogens with two attached hydrogens (primary N) is 1. The molecule has 15 heavy (non-hydrogen) atoms. The van der Waals surface area contributed by atoms with Gasteiger partial charge in [0.15, 0.2) is 0 Å². The van der Waals surface area contributed by atoms with Crippen molar-refractivity contribution in [1.82, 2.24) is 4.90 Å². The van der Waals surface area contributed by atoms with Crippen LogP contribution in [0.2, 0.25) is 5.02 Å². The minimum atomic E-state index is -0.0856. The molecule has 0 atom stereocenters. The highest BCUT2D eigenvalue weighted by Crippen LogP contribution is 2.20. The van der Waals surface area contributed by atoms with E-state index in [2.05, 4.69) is 0 Å². The molecular formula is C10H14Cl2N2O. The number of hydrogen-bond donors (Lipinski definition) is 1. The third-order valence-electron chi connectivity index (χ3n) is 2.04. The second-order valence-electron chi connectivity index (χ2n) is 3.06. The van der Waals surface area contributed by atoms with Gasteiger partial charge in [0.25, 0.3) is 5.91 Å². The third-order valence-corrected chi connectivity index (χ3v) is 2.36. The number of rotatable bonds is 2. The molecule has 0 aromatic heterocycles. The van der Waals surface area contributed by atoms with Gasteiger partial charge in [-0.3, -0.25) is 4.79 Å². The minimum absolute atomic E-state index is 0. The molecule has 0 aliphatic rings. The maximum absolute atomic E-state index is 11.7. The van der Waals surface area contributed by atoms with Gasteiger partial charge < -0.3 is 10.6 Å². The smallest absolute Gasteiger partial charge is 0.255 e. The number of carbonyl (C=O) groups excluding carboxylic acids is 1. The molecule has 0 saturated heterocycles. The van der Waals surface area contributed by atoms with Gasteiger partial charge in [0.05, 0.1) is 10.6 Å². The van der Waals surface area contributed by atoms with Gasteiger partial charge in [0, 0.05) is 19.3 Å². The van der Waals surface area contributed by atoms with Gasteiger partial charge in [-0.05, 0) is 25.1 Å². The van der Waals surface area contributed by atoms with E-state index in [4.69, 9.17) is 17.3 Å². The molecule has 1 aromatic rings. The first-order chi connectivity index (χ1) is 6.56. The minimum Gasteiger partial charge on any atom is -0.399 e. The van der Waals surface area contributed by atoms with Crippen molar-refractivity contribution < 1.29 is 4.79 Å². The van der Waals surface area contributed by atoms with E-state index in [0.29, 0.717) is 22.8 Å². The lowest BCUT2D eigenvalue weighted by atomic mass is 10.2. The molecule has 1 amide bonds. The van der Waals surface area contributed by atoms with Crippen molar-refractivity contribution in [2.45, 2.75) is 6.92 Å². The summed E-state index contributed by atoms with van der Waals surface area (Å²) in [5.41, 5.74) is 6.58. The molecule has 0 saturated carbocycles. The summed E-state index contributed by atoms with van der Waals surface area (Å²) in [6.07, 6.45) is 0. The maximum atomic E-state index is 11.7. The molecular weight excluding hydrogens is 235 g/mol. The first-order valence-electron chi connectivity index (χ1n) is 4.36. The normalized spacial score (nSPS) is 9.27. The lowest BCUT2D eigenvalue weighted by Crippen LogP contribution is -2.26. The lowest BCUT2D eigenvalue weighted by molar-refractivity contribution is 0.0802. The van der Waals surface area contributed by atoms with Crippen LogP contribution >= 0.6 is 24.0 Å². The third kappa shape index (κ3) is 3.29. The number of anilines is 1. The summed E-state index contributed by atoms with van der Waals surface area (Å²) < 4.78 is 0. The van der Waals surface area contributed by atoms with Crippen LogP contribution in [0.15, 0.2) is 18.2 Å². The van der Waals surface area contributed by atoms with Gasteiger partial charge in [-0.15, -0.1) is 12.4 Å². The average molecular weight is 249 g/mol. The molecule has 0 heterocycles. The van der Waals surface area contributed by atoms with Crippen molar-refractivity contribution in [2.75, 3.05) is 19.3 Å². The Balaban J connectivity index is 0.00000196. The summed E-state index contributed by atoms with van der Waals surface area (Å²) in [5.74, 6) is -0.0856. The van der Waals surface area contributed by atoms with Crippen molar-refractivity contribution in [3.63, 3.8) is 0 Å². The number of amides is 1. The number of carbonyl (C=O) groups is 1. The first kappa shape index (κ1) is 14.1. The fraction of sp³-hybridized carbons (Fsp3) is 0.300. The fourth-order valence-corrected chi connectivity index (χ4v) is 1.32. The predicted octanol–water partition coefficient (Wildman–Crippen LogP) is 2.44. The van der Waals surface area contributed by atoms with E-state index in [1.54, 1.807) is 30.1 Å². The number of benzene rings is 1. The SMILES string of the molecule is CCN(C)C(=O)c1ccc(N)cc1Cl.Cl. The Labute approximate surface area is 101 Å². The van der Waals surface area contributed by atoms with Crippen LogP contribution < -0.4 is 5.73 Å². The number of nitrogens with zero attached hydrogens (tertiary/aromatic N) is 1. The van der Waals surface area contributed by atoms with Gasteiger partial charge in [-0.2, -0.15) is 0 Å². The fourth-order valence-electron chi connectivity index (χ4n) is 1.05. The molecule has 5 heteroatoms. The van der Waals surface area contributed by atoms with Crippen LogP contribution in [0.3, 0.4) is 0 Å². The molecule has 1 aromatic carbocycles. The van der Waals surface area contributed by atoms with E-state index in [1.807, 2.05) is 6.92 Å². The van der Waals surface area contributed by atoms with Crippen LogP contribution in [0.25, 0.3) is 0 Å². The molecule has 2 N–H and O–H groups in total. The van der Waals surface area contributed by atoms with E-state index in [1.165, 1.54) is 0 Å². The Morgan fingerprint density at radius 3 is 2.60 bits per heavy atom. The summed E-state index contributed by atoms with van der Waals surface area (Å²) in [6.45, 7) is 2.56. The van der Waals surface area contributed by atoms with Crippen molar-refractivity contribution in [1.29, 1.82) is 0 Å². The Hall–Kier alpha value is -0.930.